The van der Waals surface area contributed by atoms with E-state index in [1.807, 2.05) is 9.80 Å². The van der Waals surface area contributed by atoms with Crippen LogP contribution < -0.4 is 9.64 Å². The summed E-state index contributed by atoms with van der Waals surface area (Å²) < 4.78 is 33.0. The molecule has 172 valence electrons. The SMILES string of the molecule is Cc1nnn(-c2ccc(C(F)F)cc2)c1COc1ccc(N2CC(=O)N3CCC[C@H]3C2)nn1. The molecule has 0 saturated carbocycles. The molecule has 0 unspecified atom stereocenters. The number of amides is 1. The van der Waals surface area contributed by atoms with Crippen molar-refractivity contribution >= 4 is 11.7 Å². The van der Waals surface area contributed by atoms with Crippen LogP contribution in [0.2, 0.25) is 0 Å². The van der Waals surface area contributed by atoms with Gasteiger partial charge in [0.05, 0.1) is 17.9 Å². The molecule has 5 rings (SSSR count). The third-order valence-corrected chi connectivity index (χ3v) is 6.11. The summed E-state index contributed by atoms with van der Waals surface area (Å²) >= 11 is 0. The maximum Gasteiger partial charge on any atom is 0.263 e. The van der Waals surface area contributed by atoms with Gasteiger partial charge in [-0.3, -0.25) is 4.79 Å². The van der Waals surface area contributed by atoms with Crippen molar-refractivity contribution in [3.8, 4) is 11.6 Å². The van der Waals surface area contributed by atoms with E-state index in [-0.39, 0.29) is 24.1 Å². The summed E-state index contributed by atoms with van der Waals surface area (Å²) in [5.41, 5.74) is 1.88. The fourth-order valence-corrected chi connectivity index (χ4v) is 4.31. The van der Waals surface area contributed by atoms with E-state index in [4.69, 9.17) is 4.74 Å². The summed E-state index contributed by atoms with van der Waals surface area (Å²) in [6.45, 7) is 3.83. The second kappa shape index (κ2) is 8.72. The van der Waals surface area contributed by atoms with Crippen LogP contribution in [0, 0.1) is 6.92 Å². The number of carbonyl (C=O) groups excluding carboxylic acids is 1. The zero-order valence-electron chi connectivity index (χ0n) is 18.1. The number of nitrogens with zero attached hydrogens (tertiary/aromatic N) is 7. The van der Waals surface area contributed by atoms with Gasteiger partial charge in [-0.25, -0.2) is 13.5 Å². The quantitative estimate of drug-likeness (QED) is 0.565. The topological polar surface area (TPSA) is 89.3 Å². The maximum absolute atomic E-state index is 12.8. The lowest BCUT2D eigenvalue weighted by molar-refractivity contribution is -0.131. The fraction of sp³-hybridized carbons (Fsp3) is 0.409. The molecule has 1 aromatic carbocycles. The van der Waals surface area contributed by atoms with Crippen LogP contribution in [0.1, 0.15) is 36.2 Å². The number of anilines is 1. The minimum absolute atomic E-state index is 0.0557. The number of rotatable bonds is 6. The molecule has 2 aromatic heterocycles. The van der Waals surface area contributed by atoms with Crippen molar-refractivity contribution in [1.82, 2.24) is 30.1 Å². The Labute approximate surface area is 189 Å². The number of hydrogen-bond acceptors (Lipinski definition) is 7. The predicted molar refractivity (Wildman–Crippen MR) is 114 cm³/mol. The number of fused-ring (bicyclic) bond motifs is 1. The van der Waals surface area contributed by atoms with E-state index < -0.39 is 6.43 Å². The molecule has 1 amide bonds. The first-order valence-electron chi connectivity index (χ1n) is 10.8. The van der Waals surface area contributed by atoms with Crippen LogP contribution in [-0.4, -0.2) is 61.7 Å². The Balaban J connectivity index is 1.26. The Bertz CT molecular complexity index is 1130. The normalized spacial score (nSPS) is 18.2. The number of hydrogen-bond donors (Lipinski definition) is 0. The van der Waals surface area contributed by atoms with Crippen molar-refractivity contribution in [2.45, 2.75) is 38.8 Å². The maximum atomic E-state index is 12.8. The summed E-state index contributed by atoms with van der Waals surface area (Å²) in [6.07, 6.45) is -0.465. The van der Waals surface area contributed by atoms with Gasteiger partial charge in [-0.15, -0.1) is 15.3 Å². The first-order valence-corrected chi connectivity index (χ1v) is 10.8. The zero-order valence-corrected chi connectivity index (χ0v) is 18.1. The second-order valence-electron chi connectivity index (χ2n) is 8.21. The summed E-state index contributed by atoms with van der Waals surface area (Å²) in [6, 6.07) is 9.62. The molecule has 2 aliphatic rings. The number of aromatic nitrogens is 5. The number of benzene rings is 1. The van der Waals surface area contributed by atoms with Gasteiger partial charge in [-0.1, -0.05) is 17.3 Å². The first kappa shape index (κ1) is 21.2. The van der Waals surface area contributed by atoms with Gasteiger partial charge in [-0.05, 0) is 38.0 Å². The van der Waals surface area contributed by atoms with Crippen LogP contribution in [0.25, 0.3) is 5.69 Å². The van der Waals surface area contributed by atoms with Gasteiger partial charge in [0, 0.05) is 30.8 Å². The highest BCUT2D eigenvalue weighted by Crippen LogP contribution is 2.26. The summed E-state index contributed by atoms with van der Waals surface area (Å²) in [5, 5.41) is 16.6. The second-order valence-corrected chi connectivity index (χ2v) is 8.21. The van der Waals surface area contributed by atoms with Gasteiger partial charge >= 0.3 is 0 Å². The van der Waals surface area contributed by atoms with Crippen LogP contribution in [-0.2, 0) is 11.4 Å². The molecule has 1 atom stereocenters. The van der Waals surface area contributed by atoms with E-state index in [9.17, 15) is 13.6 Å². The number of ether oxygens (including phenoxy) is 1. The number of halogens is 2. The van der Waals surface area contributed by atoms with E-state index in [0.717, 1.165) is 25.9 Å². The molecule has 0 spiro atoms. The number of alkyl halides is 2. The van der Waals surface area contributed by atoms with Gasteiger partial charge in [0.15, 0.2) is 5.82 Å². The summed E-state index contributed by atoms with van der Waals surface area (Å²) in [7, 11) is 0. The molecule has 2 saturated heterocycles. The fourth-order valence-electron chi connectivity index (χ4n) is 4.31. The highest BCUT2D eigenvalue weighted by Gasteiger charge is 2.36. The summed E-state index contributed by atoms with van der Waals surface area (Å²) in [5.74, 6) is 1.10. The Morgan fingerprint density at radius 2 is 1.94 bits per heavy atom. The number of piperazine rings is 1. The number of carbonyl (C=O) groups is 1. The monoisotopic (exact) mass is 455 g/mol. The largest absolute Gasteiger partial charge is 0.470 e. The standard InChI is InChI=1S/C22H23F2N7O2/c1-14-18(31(28-25-14)16-6-4-15(5-7-16)22(23)24)13-33-20-9-8-19(26-27-20)29-11-17-3-2-10-30(17)21(32)12-29/h4-9,17,22H,2-3,10-13H2,1H3/t17-/m0/s1. The lowest BCUT2D eigenvalue weighted by Crippen LogP contribution is -2.54. The van der Waals surface area contributed by atoms with Gasteiger partial charge in [-0.2, -0.15) is 0 Å². The summed E-state index contributed by atoms with van der Waals surface area (Å²) in [4.78, 5) is 16.3. The van der Waals surface area contributed by atoms with Crippen LogP contribution >= 0.6 is 0 Å². The Morgan fingerprint density at radius 3 is 2.67 bits per heavy atom. The van der Waals surface area contributed by atoms with Crippen molar-refractivity contribution in [2.24, 2.45) is 0 Å². The lowest BCUT2D eigenvalue weighted by Gasteiger charge is -2.37. The molecule has 3 aromatic rings. The van der Waals surface area contributed by atoms with E-state index >= 15 is 0 Å². The van der Waals surface area contributed by atoms with Gasteiger partial charge < -0.3 is 14.5 Å². The molecule has 0 radical (unpaired) electrons. The number of aryl methyl sites for hydroxylation is 1. The van der Waals surface area contributed by atoms with E-state index in [2.05, 4.69) is 20.5 Å². The van der Waals surface area contributed by atoms with E-state index in [1.54, 1.807) is 35.9 Å². The first-order chi connectivity index (χ1) is 16.0. The van der Waals surface area contributed by atoms with Gasteiger partial charge in [0.2, 0.25) is 11.8 Å². The van der Waals surface area contributed by atoms with Crippen molar-refractivity contribution in [2.75, 3.05) is 24.5 Å². The molecule has 0 bridgehead atoms. The lowest BCUT2D eigenvalue weighted by atomic mass is 10.1. The molecular weight excluding hydrogens is 432 g/mol. The van der Waals surface area contributed by atoms with Gasteiger partial charge in [0.1, 0.15) is 12.3 Å². The Kier molecular flexibility index (Phi) is 5.61. The van der Waals surface area contributed by atoms with Crippen LogP contribution in [0.5, 0.6) is 5.88 Å². The minimum atomic E-state index is -2.53. The van der Waals surface area contributed by atoms with Crippen LogP contribution in [0.4, 0.5) is 14.6 Å². The zero-order chi connectivity index (χ0) is 22.9. The molecule has 11 heteroatoms. The third-order valence-electron chi connectivity index (χ3n) is 6.11. The molecule has 9 nitrogen and oxygen atoms in total. The average Bonchev–Trinajstić information content (AvgIpc) is 3.45. The molecule has 33 heavy (non-hydrogen) atoms. The van der Waals surface area contributed by atoms with E-state index in [1.165, 1.54) is 12.1 Å². The van der Waals surface area contributed by atoms with E-state index in [0.29, 0.717) is 35.3 Å². The van der Waals surface area contributed by atoms with Crippen LogP contribution in [0.15, 0.2) is 36.4 Å². The van der Waals surface area contributed by atoms with Crippen LogP contribution in [0.3, 0.4) is 0 Å². The molecule has 2 aliphatic heterocycles. The molecular formula is C22H23F2N7O2. The smallest absolute Gasteiger partial charge is 0.263 e. The van der Waals surface area contributed by atoms with Gasteiger partial charge in [0.25, 0.3) is 6.43 Å². The van der Waals surface area contributed by atoms with Crippen molar-refractivity contribution in [3.63, 3.8) is 0 Å². The van der Waals surface area contributed by atoms with Crippen molar-refractivity contribution in [1.29, 1.82) is 0 Å². The molecule has 0 aliphatic carbocycles. The highest BCUT2D eigenvalue weighted by atomic mass is 19.3. The molecule has 0 N–H and O–H groups in total. The minimum Gasteiger partial charge on any atom is -0.470 e. The predicted octanol–water partition coefficient (Wildman–Crippen LogP) is 2.69. The Hall–Kier alpha value is -3.63. The third kappa shape index (κ3) is 4.22. The van der Waals surface area contributed by atoms with Crippen molar-refractivity contribution in [3.05, 3.63) is 53.3 Å². The van der Waals surface area contributed by atoms with Crippen molar-refractivity contribution < 1.29 is 18.3 Å². The Morgan fingerprint density at radius 1 is 1.12 bits per heavy atom. The highest BCUT2D eigenvalue weighted by molar-refractivity contribution is 5.83. The molecule has 4 heterocycles. The average molecular weight is 455 g/mol. The molecule has 2 fully saturated rings.